The Morgan fingerprint density at radius 2 is 1.16 bits per heavy atom. The summed E-state index contributed by atoms with van der Waals surface area (Å²) in [7, 11) is -4.60. The summed E-state index contributed by atoms with van der Waals surface area (Å²) in [6, 6.07) is 0. The molecule has 0 saturated carbocycles. The third-order valence-electron chi connectivity index (χ3n) is 7.11. The van der Waals surface area contributed by atoms with Crippen LogP contribution in [0.4, 0.5) is 0 Å². The Hall–Kier alpha value is -1.55. The van der Waals surface area contributed by atoms with Crippen molar-refractivity contribution in [3.63, 3.8) is 0 Å². The number of aliphatic hydroxyl groups excluding tert-OH is 2. The number of carbonyl (C=O) groups is 2. The molecule has 0 saturated heterocycles. The highest BCUT2D eigenvalue weighted by molar-refractivity contribution is 7.47. The molecule has 3 N–H and O–H groups in total. The fourth-order valence-electron chi connectivity index (χ4n) is 4.37. The van der Waals surface area contributed by atoms with Gasteiger partial charge in [-0.15, -0.1) is 0 Å². The maximum Gasteiger partial charge on any atom is 0.472 e. The average Bonchev–Trinajstić information content (AvgIpc) is 3.02. The van der Waals surface area contributed by atoms with Gasteiger partial charge in [0.25, 0.3) is 0 Å². The first-order valence-corrected chi connectivity index (χ1v) is 18.8. The van der Waals surface area contributed by atoms with Crippen molar-refractivity contribution in [1.82, 2.24) is 0 Å². The first-order chi connectivity index (χ1) is 21.7. The Labute approximate surface area is 272 Å². The van der Waals surface area contributed by atoms with Crippen molar-refractivity contribution in [3.05, 3.63) is 24.3 Å². The number of carbonyl (C=O) groups excluding carboxylic acids is 2. The van der Waals surface area contributed by atoms with E-state index in [9.17, 15) is 24.2 Å². The summed E-state index contributed by atoms with van der Waals surface area (Å²) in [5, 5.41) is 18.2. The zero-order valence-electron chi connectivity index (χ0n) is 28.1. The summed E-state index contributed by atoms with van der Waals surface area (Å²) in [6.07, 6.45) is 26.0. The highest BCUT2D eigenvalue weighted by Crippen LogP contribution is 2.43. The molecule has 0 amide bonds. The lowest BCUT2D eigenvalue weighted by Crippen LogP contribution is -2.29. The molecule has 3 atom stereocenters. The Kier molecular flexibility index (Phi) is 30.0. The van der Waals surface area contributed by atoms with Crippen LogP contribution in [0.15, 0.2) is 24.3 Å². The monoisotopic (exact) mass is 662 g/mol. The molecule has 0 spiro atoms. The van der Waals surface area contributed by atoms with E-state index in [1.807, 2.05) is 0 Å². The lowest BCUT2D eigenvalue weighted by molar-refractivity contribution is -0.161. The van der Waals surface area contributed by atoms with Gasteiger partial charge in [0.05, 0.1) is 19.8 Å². The van der Waals surface area contributed by atoms with E-state index in [0.717, 1.165) is 64.2 Å². The predicted molar refractivity (Wildman–Crippen MR) is 178 cm³/mol. The van der Waals surface area contributed by atoms with Crippen LogP contribution in [0.25, 0.3) is 0 Å². The number of hydrogen-bond acceptors (Lipinski definition) is 9. The van der Waals surface area contributed by atoms with E-state index in [0.29, 0.717) is 12.8 Å². The van der Waals surface area contributed by atoms with Gasteiger partial charge in [-0.25, -0.2) is 4.57 Å². The van der Waals surface area contributed by atoms with Crippen LogP contribution in [0.3, 0.4) is 0 Å². The quantitative estimate of drug-likeness (QED) is 0.0281. The fraction of sp³-hybridized carbons (Fsp3) is 0.824. The first-order valence-electron chi connectivity index (χ1n) is 17.3. The third-order valence-corrected chi connectivity index (χ3v) is 8.06. The van der Waals surface area contributed by atoms with E-state index in [1.165, 1.54) is 38.5 Å². The zero-order chi connectivity index (χ0) is 33.4. The molecule has 0 aliphatic carbocycles. The summed E-state index contributed by atoms with van der Waals surface area (Å²) >= 11 is 0. The minimum absolute atomic E-state index is 0.170. The Morgan fingerprint density at radius 3 is 1.76 bits per heavy atom. The smallest absolute Gasteiger partial charge is 0.462 e. The number of hydrogen-bond donors (Lipinski definition) is 3. The number of rotatable bonds is 32. The molecule has 0 rings (SSSR count). The number of esters is 2. The van der Waals surface area contributed by atoms with Crippen molar-refractivity contribution in [3.8, 4) is 0 Å². The van der Waals surface area contributed by atoms with Gasteiger partial charge in [-0.3, -0.25) is 18.6 Å². The number of ether oxygens (including phenoxy) is 2. The Balaban J connectivity index is 4.41. The van der Waals surface area contributed by atoms with Crippen LogP contribution in [-0.2, 0) is 32.7 Å². The third kappa shape index (κ3) is 30.8. The lowest BCUT2D eigenvalue weighted by Gasteiger charge is -2.20. The molecule has 0 aromatic heterocycles. The van der Waals surface area contributed by atoms with Gasteiger partial charge in [0.1, 0.15) is 12.7 Å². The summed E-state index contributed by atoms with van der Waals surface area (Å²) < 4.78 is 32.4. The maximum absolute atomic E-state index is 12.5. The lowest BCUT2D eigenvalue weighted by atomic mass is 10.1. The van der Waals surface area contributed by atoms with Crippen LogP contribution in [0.5, 0.6) is 0 Å². The van der Waals surface area contributed by atoms with Crippen molar-refractivity contribution in [2.75, 3.05) is 26.4 Å². The fourth-order valence-corrected chi connectivity index (χ4v) is 5.16. The van der Waals surface area contributed by atoms with Gasteiger partial charge in [0.2, 0.25) is 0 Å². The summed E-state index contributed by atoms with van der Waals surface area (Å²) in [4.78, 5) is 34.5. The molecular weight excluding hydrogens is 599 g/mol. The van der Waals surface area contributed by atoms with E-state index in [1.54, 1.807) is 0 Å². The van der Waals surface area contributed by atoms with Crippen molar-refractivity contribution in [2.45, 2.75) is 154 Å². The Morgan fingerprint density at radius 1 is 0.667 bits per heavy atom. The summed E-state index contributed by atoms with van der Waals surface area (Å²) in [5.74, 6) is -0.949. The van der Waals surface area contributed by atoms with Crippen molar-refractivity contribution < 1.29 is 47.8 Å². The van der Waals surface area contributed by atoms with E-state index in [4.69, 9.17) is 19.1 Å². The average molecular weight is 663 g/mol. The molecule has 0 fully saturated rings. The molecule has 10 nitrogen and oxygen atoms in total. The molecule has 0 aromatic carbocycles. The number of phosphoric ester groups is 1. The molecule has 0 aliphatic heterocycles. The molecule has 3 unspecified atom stereocenters. The second kappa shape index (κ2) is 31.1. The molecule has 0 heterocycles. The molecular formula is C34H63O10P. The SMILES string of the molecule is CCCCC/C=C\C/C=C\CCCCCCCC(=O)OC(COC(=O)CCCCCCCCC)COP(=O)(O)OCC(O)CO. The van der Waals surface area contributed by atoms with Gasteiger partial charge in [-0.2, -0.15) is 0 Å². The number of allylic oxidation sites excluding steroid dienone is 4. The number of phosphoric acid groups is 1. The molecule has 0 radical (unpaired) electrons. The minimum atomic E-state index is -4.60. The molecule has 0 bridgehead atoms. The second-order valence-electron chi connectivity index (χ2n) is 11.5. The van der Waals surface area contributed by atoms with Gasteiger partial charge in [0.15, 0.2) is 6.10 Å². The first kappa shape index (κ1) is 43.5. The van der Waals surface area contributed by atoms with Crippen LogP contribution in [0, 0.1) is 0 Å². The van der Waals surface area contributed by atoms with Gasteiger partial charge in [-0.1, -0.05) is 109 Å². The van der Waals surface area contributed by atoms with Gasteiger partial charge >= 0.3 is 19.8 Å². The predicted octanol–water partition coefficient (Wildman–Crippen LogP) is 7.88. The van der Waals surface area contributed by atoms with Gasteiger partial charge in [-0.05, 0) is 44.9 Å². The highest BCUT2D eigenvalue weighted by atomic mass is 31.2. The van der Waals surface area contributed by atoms with Crippen LogP contribution in [0.2, 0.25) is 0 Å². The van der Waals surface area contributed by atoms with Crippen LogP contribution < -0.4 is 0 Å². The largest absolute Gasteiger partial charge is 0.472 e. The number of unbranched alkanes of at least 4 members (excludes halogenated alkanes) is 14. The summed E-state index contributed by atoms with van der Waals surface area (Å²) in [5.41, 5.74) is 0. The van der Waals surface area contributed by atoms with E-state index >= 15 is 0 Å². The Bertz CT molecular complexity index is 817. The summed E-state index contributed by atoms with van der Waals surface area (Å²) in [6.45, 7) is 2.25. The minimum Gasteiger partial charge on any atom is -0.462 e. The van der Waals surface area contributed by atoms with Crippen LogP contribution in [0.1, 0.15) is 142 Å². The van der Waals surface area contributed by atoms with Crippen molar-refractivity contribution >= 4 is 19.8 Å². The molecule has 11 heteroatoms. The van der Waals surface area contributed by atoms with E-state index in [2.05, 4.69) is 42.7 Å². The zero-order valence-corrected chi connectivity index (χ0v) is 29.0. The highest BCUT2D eigenvalue weighted by Gasteiger charge is 2.27. The van der Waals surface area contributed by atoms with Crippen molar-refractivity contribution in [2.24, 2.45) is 0 Å². The number of aliphatic hydroxyl groups is 2. The van der Waals surface area contributed by atoms with Crippen molar-refractivity contribution in [1.29, 1.82) is 0 Å². The van der Waals surface area contributed by atoms with Gasteiger partial charge < -0.3 is 24.6 Å². The molecule has 0 aliphatic rings. The van der Waals surface area contributed by atoms with E-state index < -0.39 is 51.8 Å². The normalized spacial score (nSPS) is 14.5. The van der Waals surface area contributed by atoms with Crippen LogP contribution >= 0.6 is 7.82 Å². The molecule has 264 valence electrons. The maximum atomic E-state index is 12.5. The van der Waals surface area contributed by atoms with Gasteiger partial charge in [0, 0.05) is 12.8 Å². The molecule has 45 heavy (non-hydrogen) atoms. The van der Waals surface area contributed by atoms with Crippen LogP contribution in [-0.4, -0.2) is 65.7 Å². The second-order valence-corrected chi connectivity index (χ2v) is 13.0. The standard InChI is InChI=1S/C34H63O10P/c1-3-5-7-9-11-12-13-14-15-16-17-18-20-22-24-26-34(38)44-32(30-43-45(39,40)42-28-31(36)27-35)29-41-33(37)25-23-21-19-10-8-6-4-2/h11-12,14-15,31-32,35-36H,3-10,13,16-30H2,1-2H3,(H,39,40)/b12-11-,15-14-. The molecule has 0 aromatic rings. The topological polar surface area (TPSA) is 149 Å². The van der Waals surface area contributed by atoms with E-state index in [-0.39, 0.29) is 19.4 Å².